The third kappa shape index (κ3) is 5.48. The summed E-state index contributed by atoms with van der Waals surface area (Å²) in [5.41, 5.74) is 6.41. The fraction of sp³-hybridized carbons (Fsp3) is 0.294. The number of nitrogens with one attached hydrogen (secondary N) is 1. The Labute approximate surface area is 160 Å². The molecule has 0 aliphatic carbocycles. The standard InChI is InChI=1S/C17H20N4O5S/c1-4-26-16(23)11-8-19-17(21-15(11)18)27-9-14(22)20-10-5-6-12(24-2)13(7-10)25-3/h5-8H,4,9H2,1-3H3,(H,20,22)(H2,18,19,21). The molecule has 1 aromatic heterocycles. The number of carbonyl (C=O) groups is 2. The second-order valence-corrected chi connectivity index (χ2v) is 6.02. The third-order valence-electron chi connectivity index (χ3n) is 3.29. The molecule has 0 spiro atoms. The zero-order valence-corrected chi connectivity index (χ0v) is 16.0. The lowest BCUT2D eigenvalue weighted by molar-refractivity contribution is -0.113. The van der Waals surface area contributed by atoms with Gasteiger partial charge in [-0.3, -0.25) is 4.79 Å². The van der Waals surface area contributed by atoms with Crippen LogP contribution in [0.15, 0.2) is 29.6 Å². The summed E-state index contributed by atoms with van der Waals surface area (Å²) >= 11 is 1.09. The molecule has 1 heterocycles. The molecule has 3 N–H and O–H groups in total. The van der Waals surface area contributed by atoms with Crippen molar-refractivity contribution in [3.63, 3.8) is 0 Å². The third-order valence-corrected chi connectivity index (χ3v) is 4.15. The predicted octanol–water partition coefficient (Wildman–Crippen LogP) is 1.98. The van der Waals surface area contributed by atoms with Gasteiger partial charge >= 0.3 is 5.97 Å². The number of benzene rings is 1. The van der Waals surface area contributed by atoms with Crippen molar-refractivity contribution in [3.05, 3.63) is 30.0 Å². The van der Waals surface area contributed by atoms with Crippen molar-refractivity contribution >= 4 is 35.1 Å². The van der Waals surface area contributed by atoms with Crippen LogP contribution in [0.1, 0.15) is 17.3 Å². The Morgan fingerprint density at radius 3 is 2.59 bits per heavy atom. The van der Waals surface area contributed by atoms with Crippen LogP contribution in [-0.2, 0) is 9.53 Å². The van der Waals surface area contributed by atoms with E-state index in [1.165, 1.54) is 20.4 Å². The molecule has 0 saturated carbocycles. The number of rotatable bonds is 8. The molecule has 2 rings (SSSR count). The van der Waals surface area contributed by atoms with E-state index >= 15 is 0 Å². The predicted molar refractivity (Wildman–Crippen MR) is 101 cm³/mol. The highest BCUT2D eigenvalue weighted by atomic mass is 32.2. The summed E-state index contributed by atoms with van der Waals surface area (Å²) < 4.78 is 15.2. The SMILES string of the molecule is CCOC(=O)c1cnc(SCC(=O)Nc2ccc(OC)c(OC)c2)nc1N. The molecule has 0 unspecified atom stereocenters. The van der Waals surface area contributed by atoms with Gasteiger partial charge in [-0.15, -0.1) is 0 Å². The van der Waals surface area contributed by atoms with E-state index in [4.69, 9.17) is 19.9 Å². The van der Waals surface area contributed by atoms with Gasteiger partial charge in [0.2, 0.25) is 5.91 Å². The molecule has 0 atom stereocenters. The summed E-state index contributed by atoms with van der Waals surface area (Å²) in [5.74, 6) is 0.295. The lowest BCUT2D eigenvalue weighted by Gasteiger charge is -2.10. The molecule has 0 saturated heterocycles. The first-order valence-electron chi connectivity index (χ1n) is 7.92. The highest BCUT2D eigenvalue weighted by molar-refractivity contribution is 7.99. The molecule has 0 radical (unpaired) electrons. The fourth-order valence-corrected chi connectivity index (χ4v) is 2.68. The van der Waals surface area contributed by atoms with Gasteiger partial charge in [0.05, 0.1) is 26.6 Å². The van der Waals surface area contributed by atoms with Crippen LogP contribution in [0.4, 0.5) is 11.5 Å². The molecule has 1 amide bonds. The van der Waals surface area contributed by atoms with Crippen molar-refractivity contribution < 1.29 is 23.8 Å². The Balaban J connectivity index is 1.95. The summed E-state index contributed by atoms with van der Waals surface area (Å²) in [4.78, 5) is 31.8. The number of nitrogen functional groups attached to an aromatic ring is 1. The van der Waals surface area contributed by atoms with Crippen molar-refractivity contribution in [1.29, 1.82) is 0 Å². The van der Waals surface area contributed by atoms with Crippen molar-refractivity contribution in [3.8, 4) is 11.5 Å². The maximum atomic E-state index is 12.1. The van der Waals surface area contributed by atoms with Crippen LogP contribution in [-0.4, -0.2) is 48.4 Å². The van der Waals surface area contributed by atoms with Crippen molar-refractivity contribution in [2.75, 3.05) is 37.6 Å². The van der Waals surface area contributed by atoms with Crippen LogP contribution in [0.2, 0.25) is 0 Å². The number of amides is 1. The molecule has 1 aromatic carbocycles. The van der Waals surface area contributed by atoms with Gasteiger partial charge in [-0.05, 0) is 19.1 Å². The first-order chi connectivity index (χ1) is 13.0. The van der Waals surface area contributed by atoms with Gasteiger partial charge in [-0.1, -0.05) is 11.8 Å². The molecule has 0 bridgehead atoms. The van der Waals surface area contributed by atoms with E-state index in [0.29, 0.717) is 17.2 Å². The minimum atomic E-state index is -0.585. The van der Waals surface area contributed by atoms with Crippen LogP contribution in [0, 0.1) is 0 Å². The number of hydrogen-bond donors (Lipinski definition) is 2. The number of nitrogens with zero attached hydrogens (tertiary/aromatic N) is 2. The Morgan fingerprint density at radius 1 is 1.22 bits per heavy atom. The van der Waals surface area contributed by atoms with Crippen LogP contribution >= 0.6 is 11.8 Å². The molecular formula is C17H20N4O5S. The van der Waals surface area contributed by atoms with Gasteiger partial charge < -0.3 is 25.3 Å². The Kier molecular flexibility index (Phi) is 7.24. The smallest absolute Gasteiger partial charge is 0.343 e. The largest absolute Gasteiger partial charge is 0.493 e. The lowest BCUT2D eigenvalue weighted by Crippen LogP contribution is -2.15. The minimum absolute atomic E-state index is 0.00579. The average Bonchev–Trinajstić information content (AvgIpc) is 2.66. The van der Waals surface area contributed by atoms with Crippen LogP contribution in [0.25, 0.3) is 0 Å². The Hall–Kier alpha value is -3.01. The summed E-state index contributed by atoms with van der Waals surface area (Å²) in [6.45, 7) is 1.92. The van der Waals surface area contributed by atoms with E-state index in [9.17, 15) is 9.59 Å². The zero-order valence-electron chi connectivity index (χ0n) is 15.1. The van der Waals surface area contributed by atoms with Crippen LogP contribution in [0.3, 0.4) is 0 Å². The maximum Gasteiger partial charge on any atom is 0.343 e. The second-order valence-electron chi connectivity index (χ2n) is 5.08. The monoisotopic (exact) mass is 392 g/mol. The van der Waals surface area contributed by atoms with E-state index in [2.05, 4.69) is 15.3 Å². The number of methoxy groups -OCH3 is 2. The van der Waals surface area contributed by atoms with Crippen LogP contribution < -0.4 is 20.5 Å². The summed E-state index contributed by atoms with van der Waals surface area (Å²) in [6, 6.07) is 5.05. The van der Waals surface area contributed by atoms with E-state index in [1.807, 2.05) is 0 Å². The summed E-state index contributed by atoms with van der Waals surface area (Å²) in [5, 5.41) is 3.02. The molecule has 144 valence electrons. The van der Waals surface area contributed by atoms with E-state index in [-0.39, 0.29) is 34.8 Å². The Morgan fingerprint density at radius 2 is 1.96 bits per heavy atom. The Bertz CT molecular complexity index is 831. The number of carbonyl (C=O) groups excluding carboxylic acids is 2. The molecule has 0 aliphatic rings. The van der Waals surface area contributed by atoms with Crippen molar-refractivity contribution in [2.24, 2.45) is 0 Å². The number of thioether (sulfide) groups is 1. The zero-order chi connectivity index (χ0) is 19.8. The minimum Gasteiger partial charge on any atom is -0.493 e. The second kappa shape index (κ2) is 9.62. The number of esters is 1. The molecule has 0 fully saturated rings. The fourth-order valence-electron chi connectivity index (χ4n) is 2.05. The van der Waals surface area contributed by atoms with Gasteiger partial charge in [-0.25, -0.2) is 14.8 Å². The quantitative estimate of drug-likeness (QED) is 0.394. The van der Waals surface area contributed by atoms with Gasteiger partial charge in [0.25, 0.3) is 0 Å². The van der Waals surface area contributed by atoms with Gasteiger partial charge in [0.15, 0.2) is 16.7 Å². The summed E-state index contributed by atoms with van der Waals surface area (Å²) in [6.07, 6.45) is 1.29. The number of nitrogens with two attached hydrogens (primary N) is 1. The molecule has 0 aliphatic heterocycles. The van der Waals surface area contributed by atoms with E-state index in [1.54, 1.807) is 25.1 Å². The molecule has 9 nitrogen and oxygen atoms in total. The molecule has 2 aromatic rings. The number of hydrogen-bond acceptors (Lipinski definition) is 9. The number of aromatic nitrogens is 2. The average molecular weight is 392 g/mol. The topological polar surface area (TPSA) is 126 Å². The molecule has 10 heteroatoms. The number of anilines is 2. The first-order valence-corrected chi connectivity index (χ1v) is 8.91. The summed E-state index contributed by atoms with van der Waals surface area (Å²) in [7, 11) is 3.05. The van der Waals surface area contributed by atoms with Gasteiger partial charge in [0.1, 0.15) is 11.4 Å². The highest BCUT2D eigenvalue weighted by Crippen LogP contribution is 2.29. The molecule has 27 heavy (non-hydrogen) atoms. The van der Waals surface area contributed by atoms with Gasteiger partial charge in [0, 0.05) is 18.0 Å². The normalized spacial score (nSPS) is 10.2. The number of ether oxygens (including phenoxy) is 3. The van der Waals surface area contributed by atoms with Crippen molar-refractivity contribution in [1.82, 2.24) is 9.97 Å². The highest BCUT2D eigenvalue weighted by Gasteiger charge is 2.15. The van der Waals surface area contributed by atoms with E-state index in [0.717, 1.165) is 11.8 Å². The van der Waals surface area contributed by atoms with Crippen molar-refractivity contribution in [2.45, 2.75) is 12.1 Å². The van der Waals surface area contributed by atoms with Gasteiger partial charge in [-0.2, -0.15) is 0 Å². The van der Waals surface area contributed by atoms with E-state index < -0.39 is 5.97 Å². The van der Waals surface area contributed by atoms with Crippen LogP contribution in [0.5, 0.6) is 11.5 Å². The lowest BCUT2D eigenvalue weighted by atomic mass is 10.2. The maximum absolute atomic E-state index is 12.1. The first kappa shape index (κ1) is 20.3. The molecular weight excluding hydrogens is 372 g/mol.